The molecule has 1 aliphatic rings. The lowest BCUT2D eigenvalue weighted by Gasteiger charge is -2.46. The zero-order valence-corrected chi connectivity index (χ0v) is 20.6. The molecule has 1 heterocycles. The lowest BCUT2D eigenvalue weighted by atomic mass is 9.96. The maximum absolute atomic E-state index is 12.3. The number of rotatable bonds is 7. The Morgan fingerprint density at radius 1 is 1.06 bits per heavy atom. The van der Waals surface area contributed by atoms with E-state index in [-0.39, 0.29) is 18.3 Å². The third kappa shape index (κ3) is 5.06. The summed E-state index contributed by atoms with van der Waals surface area (Å²) in [5, 5.41) is 33.5. The van der Waals surface area contributed by atoms with Gasteiger partial charge in [-0.25, -0.2) is 4.79 Å². The van der Waals surface area contributed by atoms with Gasteiger partial charge in [0.2, 0.25) is 0 Å². The molecule has 0 bridgehead atoms. The van der Waals surface area contributed by atoms with Crippen LogP contribution in [0.4, 0.5) is 0 Å². The van der Waals surface area contributed by atoms with E-state index in [1.54, 1.807) is 6.92 Å². The molecular weight excluding hydrogens is 440 g/mol. The van der Waals surface area contributed by atoms with E-state index >= 15 is 0 Å². The van der Waals surface area contributed by atoms with Crippen molar-refractivity contribution < 1.29 is 34.0 Å². The SMILES string of the molecule is CCOC(=O)[C@]1(O)C[C@H](O)[C@@H](O)[C@H](CO[Si](c2ccccc2)(c2ccccc2)C(C)(C)C)O1. The zero-order valence-electron chi connectivity index (χ0n) is 19.6. The van der Waals surface area contributed by atoms with Crippen molar-refractivity contribution in [2.45, 2.75) is 63.3 Å². The highest BCUT2D eigenvalue weighted by Gasteiger charge is 2.54. The fourth-order valence-electron chi connectivity index (χ4n) is 4.50. The van der Waals surface area contributed by atoms with Gasteiger partial charge in [0.05, 0.1) is 19.3 Å². The average Bonchev–Trinajstić information content (AvgIpc) is 2.78. The number of carbonyl (C=O) groups is 1. The highest BCUT2D eigenvalue weighted by Crippen LogP contribution is 2.38. The lowest BCUT2D eigenvalue weighted by molar-refractivity contribution is -0.299. The van der Waals surface area contributed by atoms with Crippen molar-refractivity contribution in [3.05, 3.63) is 60.7 Å². The van der Waals surface area contributed by atoms with Gasteiger partial charge in [0.15, 0.2) is 0 Å². The lowest BCUT2D eigenvalue weighted by Crippen LogP contribution is -2.68. The molecule has 0 aliphatic carbocycles. The summed E-state index contributed by atoms with van der Waals surface area (Å²) in [6, 6.07) is 19.9. The van der Waals surface area contributed by atoms with Gasteiger partial charge in [-0.2, -0.15) is 0 Å². The molecule has 0 spiro atoms. The van der Waals surface area contributed by atoms with Gasteiger partial charge in [0.1, 0.15) is 12.2 Å². The van der Waals surface area contributed by atoms with Crippen LogP contribution >= 0.6 is 0 Å². The summed E-state index contributed by atoms with van der Waals surface area (Å²) < 4.78 is 17.3. The van der Waals surface area contributed by atoms with Crippen molar-refractivity contribution in [1.29, 1.82) is 0 Å². The highest BCUT2D eigenvalue weighted by molar-refractivity contribution is 6.99. The maximum atomic E-state index is 12.3. The molecule has 0 amide bonds. The predicted octanol–water partition coefficient (Wildman–Crippen LogP) is 1.33. The summed E-state index contributed by atoms with van der Waals surface area (Å²) in [4.78, 5) is 12.3. The smallest absolute Gasteiger partial charge is 0.366 e. The molecule has 3 rings (SSSR count). The van der Waals surface area contributed by atoms with Crippen LogP contribution in [0.15, 0.2) is 60.7 Å². The second-order valence-electron chi connectivity index (χ2n) is 9.40. The van der Waals surface area contributed by atoms with Crippen molar-refractivity contribution in [3.8, 4) is 0 Å². The van der Waals surface area contributed by atoms with Gasteiger partial charge in [0.25, 0.3) is 14.1 Å². The van der Waals surface area contributed by atoms with Crippen molar-refractivity contribution >= 4 is 24.7 Å². The summed E-state index contributed by atoms with van der Waals surface area (Å²) in [7, 11) is -2.94. The van der Waals surface area contributed by atoms with Gasteiger partial charge in [0, 0.05) is 6.42 Å². The Balaban J connectivity index is 1.99. The van der Waals surface area contributed by atoms with E-state index in [1.807, 2.05) is 60.7 Å². The molecule has 0 radical (unpaired) electrons. The van der Waals surface area contributed by atoms with Crippen molar-refractivity contribution in [2.24, 2.45) is 0 Å². The molecule has 0 unspecified atom stereocenters. The first-order chi connectivity index (χ1) is 15.5. The fourth-order valence-corrected chi connectivity index (χ4v) is 9.07. The molecule has 0 saturated carbocycles. The van der Waals surface area contributed by atoms with Crippen LogP contribution in [-0.2, 0) is 18.7 Å². The molecule has 1 fully saturated rings. The van der Waals surface area contributed by atoms with Crippen LogP contribution in [0.25, 0.3) is 0 Å². The molecule has 7 nitrogen and oxygen atoms in total. The van der Waals surface area contributed by atoms with E-state index in [9.17, 15) is 20.1 Å². The van der Waals surface area contributed by atoms with Gasteiger partial charge in [-0.05, 0) is 22.3 Å². The molecule has 4 atom stereocenters. The van der Waals surface area contributed by atoms with Crippen molar-refractivity contribution in [3.63, 3.8) is 0 Å². The number of hydrogen-bond donors (Lipinski definition) is 3. The minimum Gasteiger partial charge on any atom is -0.462 e. The maximum Gasteiger partial charge on any atom is 0.366 e. The summed E-state index contributed by atoms with van der Waals surface area (Å²) in [5.41, 5.74) is 0. The topological polar surface area (TPSA) is 105 Å². The molecule has 8 heteroatoms. The van der Waals surface area contributed by atoms with Gasteiger partial charge in [-0.1, -0.05) is 81.4 Å². The minimum absolute atomic E-state index is 0.0480. The first-order valence-corrected chi connectivity index (χ1v) is 13.1. The number of ether oxygens (including phenoxy) is 2. The highest BCUT2D eigenvalue weighted by atomic mass is 28.4. The normalized spacial score (nSPS) is 26.1. The van der Waals surface area contributed by atoms with Gasteiger partial charge >= 0.3 is 5.97 Å². The fraction of sp³-hybridized carbons (Fsp3) is 0.480. The third-order valence-electron chi connectivity index (χ3n) is 6.08. The third-order valence-corrected chi connectivity index (χ3v) is 11.1. The number of aliphatic hydroxyl groups is 3. The number of carbonyl (C=O) groups excluding carboxylic acids is 1. The second kappa shape index (κ2) is 10.0. The van der Waals surface area contributed by atoms with E-state index in [0.717, 1.165) is 10.4 Å². The molecule has 180 valence electrons. The Morgan fingerprint density at radius 3 is 2.03 bits per heavy atom. The average molecular weight is 475 g/mol. The molecule has 1 saturated heterocycles. The Kier molecular flexibility index (Phi) is 7.78. The van der Waals surface area contributed by atoms with Crippen LogP contribution in [0.2, 0.25) is 5.04 Å². The zero-order chi connectivity index (χ0) is 24.3. The van der Waals surface area contributed by atoms with Crippen LogP contribution in [-0.4, -0.2) is 66.9 Å². The van der Waals surface area contributed by atoms with Gasteiger partial charge < -0.3 is 29.2 Å². The quantitative estimate of drug-likeness (QED) is 0.411. The van der Waals surface area contributed by atoms with Gasteiger partial charge in [-0.3, -0.25) is 0 Å². The summed E-state index contributed by atoms with van der Waals surface area (Å²) in [6.45, 7) is 7.86. The largest absolute Gasteiger partial charge is 0.462 e. The molecule has 3 N–H and O–H groups in total. The van der Waals surface area contributed by atoms with Crippen LogP contribution in [0, 0.1) is 0 Å². The Labute approximate surface area is 196 Å². The molecule has 33 heavy (non-hydrogen) atoms. The number of aliphatic hydroxyl groups excluding tert-OH is 2. The van der Waals surface area contributed by atoms with Crippen LogP contribution in [0.1, 0.15) is 34.1 Å². The predicted molar refractivity (Wildman–Crippen MR) is 127 cm³/mol. The Hall–Kier alpha value is -2.07. The van der Waals surface area contributed by atoms with E-state index in [4.69, 9.17) is 13.9 Å². The molecule has 1 aliphatic heterocycles. The van der Waals surface area contributed by atoms with Crippen molar-refractivity contribution in [2.75, 3.05) is 13.2 Å². The molecule has 2 aromatic carbocycles. The summed E-state index contributed by atoms with van der Waals surface area (Å²) in [5.74, 6) is -3.35. The number of esters is 1. The minimum atomic E-state index is -2.94. The van der Waals surface area contributed by atoms with Crippen molar-refractivity contribution in [1.82, 2.24) is 0 Å². The molecular formula is C25H34O7Si. The summed E-state index contributed by atoms with van der Waals surface area (Å²) >= 11 is 0. The standard InChI is InChI=1S/C25H34O7Si/c1-5-30-23(28)25(29)16-20(26)22(27)21(32-25)17-31-33(24(2,3)4,18-12-8-6-9-13-18)19-14-10-7-11-15-19/h6-15,20-22,26-27,29H,5,16-17H2,1-4H3/t20-,21-,22+,25-/m0/s1. The molecule has 2 aromatic rings. The summed E-state index contributed by atoms with van der Waals surface area (Å²) in [6.07, 6.45) is -4.33. The monoisotopic (exact) mass is 474 g/mol. The Morgan fingerprint density at radius 2 is 1.58 bits per heavy atom. The van der Waals surface area contributed by atoms with Crippen LogP contribution in [0.3, 0.4) is 0 Å². The van der Waals surface area contributed by atoms with E-state index in [2.05, 4.69) is 20.8 Å². The number of hydrogen-bond acceptors (Lipinski definition) is 7. The van der Waals surface area contributed by atoms with Crippen LogP contribution < -0.4 is 10.4 Å². The molecule has 0 aromatic heterocycles. The van der Waals surface area contributed by atoms with Crippen LogP contribution in [0.5, 0.6) is 0 Å². The van der Waals surface area contributed by atoms with Gasteiger partial charge in [-0.15, -0.1) is 0 Å². The van der Waals surface area contributed by atoms with E-state index in [0.29, 0.717) is 0 Å². The van der Waals surface area contributed by atoms with E-state index in [1.165, 1.54) is 0 Å². The van der Waals surface area contributed by atoms with E-state index < -0.39 is 44.8 Å². The first-order valence-electron chi connectivity index (χ1n) is 11.2. The first kappa shape index (κ1) is 25.5. The number of benzene rings is 2. The Bertz CT molecular complexity index is 876. The second-order valence-corrected chi connectivity index (χ2v) is 13.7.